The smallest absolute Gasteiger partial charge is 0.199 e. The van der Waals surface area contributed by atoms with Gasteiger partial charge in [-0.3, -0.25) is 0 Å². The van der Waals surface area contributed by atoms with Crippen molar-refractivity contribution in [2.24, 2.45) is 0 Å². The van der Waals surface area contributed by atoms with E-state index in [1.54, 1.807) is 0 Å². The van der Waals surface area contributed by atoms with E-state index in [1.807, 2.05) is 6.07 Å². The zero-order valence-corrected chi connectivity index (χ0v) is 15.5. The van der Waals surface area contributed by atoms with Gasteiger partial charge in [-0.2, -0.15) is 0 Å². The molecule has 1 aliphatic heterocycles. The predicted octanol–water partition coefficient (Wildman–Crippen LogP) is 5.69. The van der Waals surface area contributed by atoms with Gasteiger partial charge >= 0.3 is 0 Å². The molecule has 2 nitrogen and oxygen atoms in total. The average molecular weight is 364 g/mol. The summed E-state index contributed by atoms with van der Waals surface area (Å²) in [6.45, 7) is 0.794. The van der Waals surface area contributed by atoms with Gasteiger partial charge in [0, 0.05) is 12.5 Å². The van der Waals surface area contributed by atoms with Gasteiger partial charge in [-0.1, -0.05) is 42.5 Å². The standard InChI is InChI=1S/C23H23O2S/c1-3-11-20(12-4-1)26(21-13-5-2-6-14-21)22-15-9-10-19(18-22)25-23-16-7-8-17-24-23/h1-6,9-15,18,23H,7-8,16-17H2/q+1. The van der Waals surface area contributed by atoms with E-state index in [0.29, 0.717) is 0 Å². The minimum atomic E-state index is -0.152. The van der Waals surface area contributed by atoms with Gasteiger partial charge in [0.25, 0.3) is 0 Å². The van der Waals surface area contributed by atoms with Crippen LogP contribution in [0.3, 0.4) is 0 Å². The van der Waals surface area contributed by atoms with Crippen molar-refractivity contribution >= 4 is 10.9 Å². The van der Waals surface area contributed by atoms with Crippen molar-refractivity contribution in [2.75, 3.05) is 6.61 Å². The van der Waals surface area contributed by atoms with Crippen LogP contribution in [0.2, 0.25) is 0 Å². The van der Waals surface area contributed by atoms with Gasteiger partial charge in [0.1, 0.15) is 5.75 Å². The SMILES string of the molecule is c1ccc([S+](c2ccccc2)c2cccc(OC3CCCCO3)c2)cc1. The first-order valence-electron chi connectivity index (χ1n) is 9.13. The second-order valence-electron chi connectivity index (χ2n) is 6.32. The zero-order valence-electron chi connectivity index (χ0n) is 14.7. The molecule has 3 aromatic carbocycles. The maximum atomic E-state index is 6.10. The van der Waals surface area contributed by atoms with Crippen LogP contribution in [0.15, 0.2) is 99.6 Å². The fourth-order valence-electron chi connectivity index (χ4n) is 3.15. The quantitative estimate of drug-likeness (QED) is 0.542. The van der Waals surface area contributed by atoms with Gasteiger partial charge in [0.15, 0.2) is 21.0 Å². The molecule has 0 aromatic heterocycles. The van der Waals surface area contributed by atoms with Crippen LogP contribution in [0.1, 0.15) is 19.3 Å². The molecule has 1 saturated heterocycles. The minimum absolute atomic E-state index is 0.116. The number of hydrogen-bond acceptors (Lipinski definition) is 2. The van der Waals surface area contributed by atoms with Gasteiger partial charge in [-0.15, -0.1) is 0 Å². The Morgan fingerprint density at radius 3 is 2.00 bits per heavy atom. The molecule has 0 radical (unpaired) electrons. The Labute approximate surface area is 158 Å². The molecule has 1 aliphatic rings. The van der Waals surface area contributed by atoms with Crippen molar-refractivity contribution in [3.05, 3.63) is 84.9 Å². The zero-order chi connectivity index (χ0) is 17.6. The van der Waals surface area contributed by atoms with Crippen molar-refractivity contribution in [2.45, 2.75) is 40.2 Å². The Morgan fingerprint density at radius 1 is 0.731 bits per heavy atom. The lowest BCUT2D eigenvalue weighted by Crippen LogP contribution is -2.25. The number of ether oxygens (including phenoxy) is 2. The average Bonchev–Trinajstić information content (AvgIpc) is 2.71. The van der Waals surface area contributed by atoms with Crippen molar-refractivity contribution in [3.8, 4) is 5.75 Å². The molecule has 0 bridgehead atoms. The van der Waals surface area contributed by atoms with E-state index in [0.717, 1.165) is 25.2 Å². The third-order valence-corrected chi connectivity index (χ3v) is 6.62. The molecule has 0 N–H and O–H groups in total. The first-order valence-corrected chi connectivity index (χ1v) is 10.4. The summed E-state index contributed by atoms with van der Waals surface area (Å²) in [5, 5.41) is 0. The summed E-state index contributed by atoms with van der Waals surface area (Å²) in [5.74, 6) is 0.888. The summed E-state index contributed by atoms with van der Waals surface area (Å²) < 4.78 is 11.8. The summed E-state index contributed by atoms with van der Waals surface area (Å²) >= 11 is 0. The molecule has 3 aromatic rings. The van der Waals surface area contributed by atoms with Crippen LogP contribution in [-0.2, 0) is 15.6 Å². The monoisotopic (exact) mass is 363 g/mol. The molecular formula is C23H23O2S+. The number of rotatable bonds is 5. The van der Waals surface area contributed by atoms with Crippen LogP contribution in [0.5, 0.6) is 5.75 Å². The largest absolute Gasteiger partial charge is 0.465 e. The first kappa shape index (κ1) is 17.2. The normalized spacial score (nSPS) is 17.2. The fourth-order valence-corrected chi connectivity index (χ4v) is 5.28. The van der Waals surface area contributed by atoms with Gasteiger partial charge in [-0.05, 0) is 49.2 Å². The molecule has 132 valence electrons. The van der Waals surface area contributed by atoms with Gasteiger partial charge in [-0.25, -0.2) is 0 Å². The number of benzene rings is 3. The molecule has 1 unspecified atom stereocenters. The Hall–Kier alpha value is -2.23. The Bertz CT molecular complexity index is 774. The van der Waals surface area contributed by atoms with E-state index in [4.69, 9.17) is 9.47 Å². The lowest BCUT2D eigenvalue weighted by Gasteiger charge is -2.23. The van der Waals surface area contributed by atoms with Gasteiger partial charge in [0.05, 0.1) is 17.5 Å². The van der Waals surface area contributed by atoms with Crippen LogP contribution >= 0.6 is 0 Å². The number of hydrogen-bond donors (Lipinski definition) is 0. The summed E-state index contributed by atoms with van der Waals surface area (Å²) in [6.07, 6.45) is 3.15. The lowest BCUT2D eigenvalue weighted by atomic mass is 10.2. The molecule has 26 heavy (non-hydrogen) atoms. The van der Waals surface area contributed by atoms with Crippen molar-refractivity contribution in [1.29, 1.82) is 0 Å². The van der Waals surface area contributed by atoms with E-state index < -0.39 is 0 Å². The summed E-state index contributed by atoms with van der Waals surface area (Å²) in [4.78, 5) is 3.88. The molecule has 1 fully saturated rings. The maximum Gasteiger partial charge on any atom is 0.199 e. The summed E-state index contributed by atoms with van der Waals surface area (Å²) in [5.41, 5.74) is 0. The second kappa shape index (κ2) is 8.43. The van der Waals surface area contributed by atoms with Crippen molar-refractivity contribution in [3.63, 3.8) is 0 Å². The van der Waals surface area contributed by atoms with E-state index in [2.05, 4.69) is 78.9 Å². The molecule has 3 heteroatoms. The van der Waals surface area contributed by atoms with Crippen LogP contribution in [0, 0.1) is 0 Å². The topological polar surface area (TPSA) is 18.5 Å². The lowest BCUT2D eigenvalue weighted by molar-refractivity contribution is -0.106. The first-order chi connectivity index (χ1) is 12.9. The highest BCUT2D eigenvalue weighted by molar-refractivity contribution is 7.97. The third-order valence-electron chi connectivity index (χ3n) is 4.40. The summed E-state index contributed by atoms with van der Waals surface area (Å²) in [7, 11) is -0.152. The molecule has 0 saturated carbocycles. The summed E-state index contributed by atoms with van der Waals surface area (Å²) in [6, 6.07) is 29.8. The maximum absolute atomic E-state index is 6.10. The molecule has 0 aliphatic carbocycles. The van der Waals surface area contributed by atoms with Crippen LogP contribution in [0.25, 0.3) is 0 Å². The minimum Gasteiger partial charge on any atom is -0.465 e. The Balaban J connectivity index is 1.66. The highest BCUT2D eigenvalue weighted by atomic mass is 32.2. The van der Waals surface area contributed by atoms with Crippen LogP contribution in [-0.4, -0.2) is 12.9 Å². The van der Waals surface area contributed by atoms with E-state index >= 15 is 0 Å². The molecular weight excluding hydrogens is 340 g/mol. The van der Waals surface area contributed by atoms with E-state index in [9.17, 15) is 0 Å². The highest BCUT2D eigenvalue weighted by Crippen LogP contribution is 2.33. The third kappa shape index (κ3) is 4.12. The predicted molar refractivity (Wildman–Crippen MR) is 106 cm³/mol. The van der Waals surface area contributed by atoms with Crippen molar-refractivity contribution in [1.82, 2.24) is 0 Å². The Kier molecular flexibility index (Phi) is 5.58. The van der Waals surface area contributed by atoms with E-state index in [-0.39, 0.29) is 17.2 Å². The van der Waals surface area contributed by atoms with Gasteiger partial charge in [0.2, 0.25) is 0 Å². The van der Waals surface area contributed by atoms with E-state index in [1.165, 1.54) is 21.1 Å². The second-order valence-corrected chi connectivity index (χ2v) is 8.35. The molecule has 0 amide bonds. The molecule has 1 atom stereocenters. The highest BCUT2D eigenvalue weighted by Gasteiger charge is 2.29. The molecule has 0 spiro atoms. The van der Waals surface area contributed by atoms with Crippen molar-refractivity contribution < 1.29 is 9.47 Å². The molecule has 4 rings (SSSR count). The van der Waals surface area contributed by atoms with Crippen LogP contribution < -0.4 is 4.74 Å². The van der Waals surface area contributed by atoms with Crippen LogP contribution in [0.4, 0.5) is 0 Å². The van der Waals surface area contributed by atoms with Gasteiger partial charge < -0.3 is 9.47 Å². The Morgan fingerprint density at radius 2 is 1.38 bits per heavy atom. The molecule has 1 heterocycles. The fraction of sp³-hybridized carbons (Fsp3) is 0.217.